The number of amides is 1. The Morgan fingerprint density at radius 1 is 0.900 bits per heavy atom. The molecule has 0 radical (unpaired) electrons. The molecule has 0 aliphatic carbocycles. The van der Waals surface area contributed by atoms with Crippen molar-refractivity contribution in [1.29, 1.82) is 0 Å². The van der Waals surface area contributed by atoms with Crippen molar-refractivity contribution in [2.24, 2.45) is 0 Å². The number of benzene rings is 1. The predicted octanol–water partition coefficient (Wildman–Crippen LogP) is 2.52. The van der Waals surface area contributed by atoms with Gasteiger partial charge in [0, 0.05) is 38.4 Å². The first-order chi connectivity index (χ1) is 14.7. The lowest BCUT2D eigenvalue weighted by atomic mass is 10.1. The number of carbonyl (C=O) groups excluding carboxylic acids is 1. The summed E-state index contributed by atoms with van der Waals surface area (Å²) in [6, 6.07) is 14.8. The molecule has 3 aromatic rings. The van der Waals surface area contributed by atoms with Gasteiger partial charge >= 0.3 is 0 Å². The van der Waals surface area contributed by atoms with Gasteiger partial charge in [-0.05, 0) is 36.4 Å². The average Bonchev–Trinajstić information content (AvgIpc) is 2.84. The zero-order valence-corrected chi connectivity index (χ0v) is 17.0. The molecule has 8 nitrogen and oxygen atoms in total. The summed E-state index contributed by atoms with van der Waals surface area (Å²) in [6.45, 7) is 2.55. The maximum Gasteiger partial charge on any atom is 0.257 e. The van der Waals surface area contributed by atoms with E-state index in [9.17, 15) is 4.79 Å². The van der Waals surface area contributed by atoms with Gasteiger partial charge in [0.25, 0.3) is 5.91 Å². The summed E-state index contributed by atoms with van der Waals surface area (Å²) in [7, 11) is 3.14. The number of ether oxygens (including phenoxy) is 2. The molecule has 0 unspecified atom stereocenters. The van der Waals surface area contributed by atoms with Gasteiger partial charge in [-0.15, -0.1) is 10.2 Å². The monoisotopic (exact) mass is 405 g/mol. The molecule has 1 aliphatic heterocycles. The molecular weight excluding hydrogens is 382 g/mol. The molecule has 2 aromatic heterocycles. The Morgan fingerprint density at radius 3 is 2.37 bits per heavy atom. The molecule has 30 heavy (non-hydrogen) atoms. The third-order valence-corrected chi connectivity index (χ3v) is 5.11. The number of nitrogens with zero attached hydrogens (tertiary/aromatic N) is 5. The van der Waals surface area contributed by atoms with Gasteiger partial charge in [-0.25, -0.2) is 0 Å². The summed E-state index contributed by atoms with van der Waals surface area (Å²) < 4.78 is 10.6. The Hall–Kier alpha value is -3.68. The van der Waals surface area contributed by atoms with Gasteiger partial charge in [0.2, 0.25) is 0 Å². The molecule has 1 saturated heterocycles. The molecule has 0 saturated carbocycles. The van der Waals surface area contributed by atoms with Crippen molar-refractivity contribution < 1.29 is 14.3 Å². The molecule has 0 N–H and O–H groups in total. The fourth-order valence-electron chi connectivity index (χ4n) is 3.43. The smallest absolute Gasteiger partial charge is 0.257 e. The number of aromatic nitrogens is 3. The lowest BCUT2D eigenvalue weighted by Crippen LogP contribution is -2.49. The van der Waals surface area contributed by atoms with Crippen LogP contribution in [-0.2, 0) is 0 Å². The van der Waals surface area contributed by atoms with E-state index in [0.717, 1.165) is 17.2 Å². The van der Waals surface area contributed by atoms with Crippen LogP contribution < -0.4 is 14.4 Å². The van der Waals surface area contributed by atoms with Crippen LogP contribution in [0.5, 0.6) is 11.5 Å². The van der Waals surface area contributed by atoms with Crippen LogP contribution in [-0.4, -0.2) is 66.4 Å². The van der Waals surface area contributed by atoms with Crippen molar-refractivity contribution in [3.63, 3.8) is 0 Å². The highest BCUT2D eigenvalue weighted by Crippen LogP contribution is 2.26. The molecule has 3 heterocycles. The largest absolute Gasteiger partial charge is 0.497 e. The SMILES string of the molecule is COc1ccc(C(=O)N2CCN(c3ccc(-c4ccccn4)nn3)CC2)c(OC)c1. The average molecular weight is 405 g/mol. The van der Waals surface area contributed by atoms with E-state index in [-0.39, 0.29) is 5.91 Å². The highest BCUT2D eigenvalue weighted by molar-refractivity contribution is 5.97. The van der Waals surface area contributed by atoms with Crippen LogP contribution in [0.2, 0.25) is 0 Å². The van der Waals surface area contributed by atoms with Crippen molar-refractivity contribution in [1.82, 2.24) is 20.1 Å². The van der Waals surface area contributed by atoms with Gasteiger partial charge in [-0.2, -0.15) is 0 Å². The first-order valence-electron chi connectivity index (χ1n) is 9.71. The van der Waals surface area contributed by atoms with Gasteiger partial charge in [-0.1, -0.05) is 6.07 Å². The Labute approximate surface area is 175 Å². The molecule has 0 spiro atoms. The minimum absolute atomic E-state index is 0.0502. The molecule has 0 bridgehead atoms. The zero-order chi connectivity index (χ0) is 20.9. The molecule has 4 rings (SSSR count). The first-order valence-corrected chi connectivity index (χ1v) is 9.71. The van der Waals surface area contributed by atoms with E-state index in [1.54, 1.807) is 38.6 Å². The van der Waals surface area contributed by atoms with E-state index in [2.05, 4.69) is 20.1 Å². The minimum atomic E-state index is -0.0502. The maximum absolute atomic E-state index is 13.0. The van der Waals surface area contributed by atoms with Crippen LogP contribution >= 0.6 is 0 Å². The third kappa shape index (κ3) is 4.03. The topological polar surface area (TPSA) is 80.7 Å². The highest BCUT2D eigenvalue weighted by Gasteiger charge is 2.25. The summed E-state index contributed by atoms with van der Waals surface area (Å²) in [4.78, 5) is 21.2. The quantitative estimate of drug-likeness (QED) is 0.645. The number of piperazine rings is 1. The third-order valence-electron chi connectivity index (χ3n) is 5.11. The van der Waals surface area contributed by atoms with E-state index in [0.29, 0.717) is 43.2 Å². The van der Waals surface area contributed by atoms with Crippen molar-refractivity contribution in [2.45, 2.75) is 0 Å². The Balaban J connectivity index is 1.41. The standard InChI is InChI=1S/C22H23N5O3/c1-29-16-6-7-17(20(15-16)30-2)22(28)27-13-11-26(12-14-27)21-9-8-19(24-25-21)18-5-3-4-10-23-18/h3-10,15H,11-14H2,1-2H3. The number of hydrogen-bond donors (Lipinski definition) is 0. The van der Waals surface area contributed by atoms with Gasteiger partial charge in [0.15, 0.2) is 5.82 Å². The van der Waals surface area contributed by atoms with Crippen LogP contribution in [0, 0.1) is 0 Å². The van der Waals surface area contributed by atoms with Crippen molar-refractivity contribution in [2.75, 3.05) is 45.3 Å². The van der Waals surface area contributed by atoms with Gasteiger partial charge in [-0.3, -0.25) is 9.78 Å². The molecule has 0 atom stereocenters. The molecule has 1 aromatic carbocycles. The lowest BCUT2D eigenvalue weighted by Gasteiger charge is -2.35. The molecule has 8 heteroatoms. The zero-order valence-electron chi connectivity index (χ0n) is 17.0. The summed E-state index contributed by atoms with van der Waals surface area (Å²) in [5.74, 6) is 1.91. The normalized spacial score (nSPS) is 13.8. The van der Waals surface area contributed by atoms with Crippen LogP contribution in [0.1, 0.15) is 10.4 Å². The number of pyridine rings is 1. The van der Waals surface area contributed by atoms with Gasteiger partial charge < -0.3 is 19.3 Å². The molecule has 154 valence electrons. The Bertz CT molecular complexity index is 1000. The molecule has 1 amide bonds. The van der Waals surface area contributed by atoms with Crippen molar-refractivity contribution in [3.05, 3.63) is 60.3 Å². The number of methoxy groups -OCH3 is 2. The maximum atomic E-state index is 13.0. The van der Waals surface area contributed by atoms with Crippen LogP contribution in [0.3, 0.4) is 0 Å². The van der Waals surface area contributed by atoms with Crippen LogP contribution in [0.4, 0.5) is 5.82 Å². The van der Waals surface area contributed by atoms with Crippen molar-refractivity contribution in [3.8, 4) is 22.9 Å². The van der Waals surface area contributed by atoms with E-state index in [4.69, 9.17) is 9.47 Å². The second-order valence-electron chi connectivity index (χ2n) is 6.84. The number of carbonyl (C=O) groups is 1. The highest BCUT2D eigenvalue weighted by atomic mass is 16.5. The van der Waals surface area contributed by atoms with E-state index >= 15 is 0 Å². The predicted molar refractivity (Wildman–Crippen MR) is 113 cm³/mol. The number of anilines is 1. The van der Waals surface area contributed by atoms with E-state index in [1.807, 2.05) is 35.2 Å². The van der Waals surface area contributed by atoms with Gasteiger partial charge in [0.1, 0.15) is 17.2 Å². The second kappa shape index (κ2) is 8.77. The summed E-state index contributed by atoms with van der Waals surface area (Å²) in [5.41, 5.74) is 2.06. The number of rotatable bonds is 5. The van der Waals surface area contributed by atoms with Crippen LogP contribution in [0.15, 0.2) is 54.7 Å². The summed E-state index contributed by atoms with van der Waals surface area (Å²) in [5, 5.41) is 8.65. The van der Waals surface area contributed by atoms with Gasteiger partial charge in [0.05, 0.1) is 25.5 Å². The Kier molecular flexibility index (Phi) is 5.74. The fraction of sp³-hybridized carbons (Fsp3) is 0.273. The Morgan fingerprint density at radius 2 is 1.73 bits per heavy atom. The molecule has 1 fully saturated rings. The summed E-state index contributed by atoms with van der Waals surface area (Å²) in [6.07, 6.45) is 1.74. The van der Waals surface area contributed by atoms with Crippen molar-refractivity contribution >= 4 is 11.7 Å². The van der Waals surface area contributed by atoms with E-state index < -0.39 is 0 Å². The molecule has 1 aliphatic rings. The number of hydrogen-bond acceptors (Lipinski definition) is 7. The molecular formula is C22H23N5O3. The lowest BCUT2D eigenvalue weighted by molar-refractivity contribution is 0.0743. The van der Waals surface area contributed by atoms with Crippen LogP contribution in [0.25, 0.3) is 11.4 Å². The van der Waals surface area contributed by atoms with E-state index in [1.165, 1.54) is 0 Å². The summed E-state index contributed by atoms with van der Waals surface area (Å²) >= 11 is 0. The minimum Gasteiger partial charge on any atom is -0.497 e. The first kappa shape index (κ1) is 19.6. The second-order valence-corrected chi connectivity index (χ2v) is 6.84. The fourth-order valence-corrected chi connectivity index (χ4v) is 3.43.